The molecule has 0 radical (unpaired) electrons. The molecule has 0 atom stereocenters. The van der Waals surface area contributed by atoms with Gasteiger partial charge in [-0.05, 0) is 31.2 Å². The van der Waals surface area contributed by atoms with E-state index >= 15 is 0 Å². The number of carbonyl (C=O) groups is 1. The number of benzene rings is 2. The van der Waals surface area contributed by atoms with E-state index < -0.39 is 11.8 Å². The number of rotatable bonds is 4. The van der Waals surface area contributed by atoms with E-state index in [0.29, 0.717) is 5.56 Å². The lowest BCUT2D eigenvalue weighted by Crippen LogP contribution is -2.06. The topological polar surface area (TPSA) is 58.6 Å². The van der Waals surface area contributed by atoms with Crippen molar-refractivity contribution in [1.29, 1.82) is 0 Å². The molecule has 0 unspecified atom stereocenters. The van der Waals surface area contributed by atoms with Crippen molar-refractivity contribution < 1.29 is 19.0 Å². The maximum atomic E-state index is 13.7. The molecule has 0 saturated heterocycles. The molecule has 0 saturated carbocycles. The van der Waals surface area contributed by atoms with Gasteiger partial charge in [-0.1, -0.05) is 17.7 Å². The fourth-order valence-corrected chi connectivity index (χ4v) is 1.95. The smallest absolute Gasteiger partial charge is 0.337 e. The molecule has 21 heavy (non-hydrogen) atoms. The molecule has 4 nitrogen and oxygen atoms in total. The molecule has 0 aromatic heterocycles. The van der Waals surface area contributed by atoms with Crippen molar-refractivity contribution in [2.45, 2.75) is 13.5 Å². The molecule has 0 aliphatic carbocycles. The molecule has 110 valence electrons. The van der Waals surface area contributed by atoms with E-state index in [9.17, 15) is 14.3 Å². The third-order valence-electron chi connectivity index (χ3n) is 3.09. The Labute approximate surface area is 122 Å². The Morgan fingerprint density at radius 1 is 1.29 bits per heavy atom. The lowest BCUT2D eigenvalue weighted by Gasteiger charge is -2.11. The highest BCUT2D eigenvalue weighted by Crippen LogP contribution is 2.22. The average molecular weight is 289 g/mol. The molecule has 0 bridgehead atoms. The summed E-state index contributed by atoms with van der Waals surface area (Å²) < 4.78 is 18.3. The van der Waals surface area contributed by atoms with Crippen molar-refractivity contribution in [3.63, 3.8) is 0 Å². The maximum Gasteiger partial charge on any atom is 0.337 e. The van der Waals surface area contributed by atoms with Crippen LogP contribution in [0.1, 0.15) is 21.5 Å². The van der Waals surface area contributed by atoms with Gasteiger partial charge in [0.1, 0.15) is 11.6 Å². The average Bonchev–Trinajstić information content (AvgIpc) is 2.48. The van der Waals surface area contributed by atoms with Crippen LogP contribution in [0.2, 0.25) is 0 Å². The fourth-order valence-electron chi connectivity index (χ4n) is 1.95. The number of carbonyl (C=O) groups excluding carboxylic acids is 1. The Hall–Kier alpha value is -2.56. The summed E-state index contributed by atoms with van der Waals surface area (Å²) in [6, 6.07) is 9.13. The number of aromatic hydroxyl groups is 1. The van der Waals surface area contributed by atoms with Gasteiger partial charge in [0.2, 0.25) is 0 Å². The molecule has 2 N–H and O–H groups in total. The minimum atomic E-state index is -0.531. The van der Waals surface area contributed by atoms with Gasteiger partial charge in [-0.25, -0.2) is 9.18 Å². The van der Waals surface area contributed by atoms with Crippen LogP contribution >= 0.6 is 0 Å². The summed E-state index contributed by atoms with van der Waals surface area (Å²) in [6.45, 7) is 2.15. The highest BCUT2D eigenvalue weighted by molar-refractivity contribution is 5.90. The second-order valence-electron chi connectivity index (χ2n) is 4.67. The SMILES string of the molecule is COC(=O)c1ccc(F)c(NCc2cc(C)ccc2O)c1. The lowest BCUT2D eigenvalue weighted by molar-refractivity contribution is 0.0600. The van der Waals surface area contributed by atoms with E-state index in [1.165, 1.54) is 25.3 Å². The van der Waals surface area contributed by atoms with E-state index in [4.69, 9.17) is 0 Å². The Bertz CT molecular complexity index is 671. The zero-order valence-corrected chi connectivity index (χ0v) is 11.8. The van der Waals surface area contributed by atoms with Gasteiger partial charge in [0.15, 0.2) is 0 Å². The Balaban J connectivity index is 2.19. The summed E-state index contributed by atoms with van der Waals surface area (Å²) in [5.74, 6) is -0.871. The van der Waals surface area contributed by atoms with Crippen LogP contribution in [0, 0.1) is 12.7 Å². The lowest BCUT2D eigenvalue weighted by atomic mass is 10.1. The Kier molecular flexibility index (Phi) is 4.42. The van der Waals surface area contributed by atoms with Crippen LogP contribution in [0.4, 0.5) is 10.1 Å². The molecule has 5 heteroatoms. The van der Waals surface area contributed by atoms with Gasteiger partial charge in [-0.15, -0.1) is 0 Å². The largest absolute Gasteiger partial charge is 0.508 e. The van der Waals surface area contributed by atoms with E-state index in [1.807, 2.05) is 13.0 Å². The van der Waals surface area contributed by atoms with Crippen molar-refractivity contribution in [1.82, 2.24) is 0 Å². The predicted molar refractivity (Wildman–Crippen MR) is 77.9 cm³/mol. The third kappa shape index (κ3) is 3.51. The number of ether oxygens (including phenoxy) is 1. The van der Waals surface area contributed by atoms with E-state index in [0.717, 1.165) is 5.56 Å². The van der Waals surface area contributed by atoms with Crippen LogP contribution in [-0.2, 0) is 11.3 Å². The first kappa shape index (κ1) is 14.8. The van der Waals surface area contributed by atoms with Gasteiger partial charge in [-0.2, -0.15) is 0 Å². The Morgan fingerprint density at radius 3 is 2.76 bits per heavy atom. The maximum absolute atomic E-state index is 13.7. The summed E-state index contributed by atoms with van der Waals surface area (Å²) in [5.41, 5.74) is 2.08. The van der Waals surface area contributed by atoms with Crippen LogP contribution in [0.3, 0.4) is 0 Å². The molecule has 0 aliphatic rings. The van der Waals surface area contributed by atoms with Gasteiger partial charge in [0.25, 0.3) is 0 Å². The van der Waals surface area contributed by atoms with Gasteiger partial charge >= 0.3 is 5.97 Å². The first-order valence-corrected chi connectivity index (χ1v) is 6.41. The van der Waals surface area contributed by atoms with Crippen LogP contribution in [0.15, 0.2) is 36.4 Å². The standard InChI is InChI=1S/C16H16FNO3/c1-10-3-6-15(19)12(7-10)9-18-14-8-11(16(20)21-2)4-5-13(14)17/h3-8,18-19H,9H2,1-2H3. The molecule has 0 fully saturated rings. The Morgan fingerprint density at radius 2 is 2.05 bits per heavy atom. The van der Waals surface area contributed by atoms with E-state index in [-0.39, 0.29) is 23.5 Å². The number of esters is 1. The molecular weight excluding hydrogens is 273 g/mol. The summed E-state index contributed by atoms with van der Waals surface area (Å²) in [7, 11) is 1.27. The zero-order chi connectivity index (χ0) is 15.4. The van der Waals surface area contributed by atoms with E-state index in [2.05, 4.69) is 10.1 Å². The summed E-state index contributed by atoms with van der Waals surface area (Å²) >= 11 is 0. The number of halogens is 1. The number of methoxy groups -OCH3 is 1. The molecule has 0 aliphatic heterocycles. The zero-order valence-electron chi connectivity index (χ0n) is 11.8. The second-order valence-corrected chi connectivity index (χ2v) is 4.67. The first-order valence-electron chi connectivity index (χ1n) is 6.41. The van der Waals surface area contributed by atoms with Crippen LogP contribution in [0.25, 0.3) is 0 Å². The second kappa shape index (κ2) is 6.26. The molecule has 0 spiro atoms. The highest BCUT2D eigenvalue weighted by Gasteiger charge is 2.10. The van der Waals surface area contributed by atoms with Gasteiger partial charge in [0.05, 0.1) is 18.4 Å². The highest BCUT2D eigenvalue weighted by atomic mass is 19.1. The quantitative estimate of drug-likeness (QED) is 0.848. The van der Waals surface area contributed by atoms with Gasteiger partial charge in [0, 0.05) is 12.1 Å². The van der Waals surface area contributed by atoms with Crippen LogP contribution in [0.5, 0.6) is 5.75 Å². The molecule has 2 aromatic rings. The monoisotopic (exact) mass is 289 g/mol. The first-order chi connectivity index (χ1) is 10.0. The van der Waals surface area contributed by atoms with Crippen LogP contribution in [-0.4, -0.2) is 18.2 Å². The number of hydrogen-bond acceptors (Lipinski definition) is 4. The summed E-state index contributed by atoms with van der Waals surface area (Å²) in [4.78, 5) is 11.4. The predicted octanol–water partition coefficient (Wildman–Crippen LogP) is 3.24. The molecule has 2 rings (SSSR count). The number of phenols is 1. The van der Waals surface area contributed by atoms with E-state index in [1.54, 1.807) is 12.1 Å². The van der Waals surface area contributed by atoms with Crippen molar-refractivity contribution in [3.8, 4) is 5.75 Å². The molecule has 0 amide bonds. The van der Waals surface area contributed by atoms with Gasteiger partial charge in [-0.3, -0.25) is 0 Å². The van der Waals surface area contributed by atoms with Gasteiger partial charge < -0.3 is 15.2 Å². The molecule has 0 heterocycles. The number of phenolic OH excluding ortho intramolecular Hbond substituents is 1. The minimum Gasteiger partial charge on any atom is -0.508 e. The van der Waals surface area contributed by atoms with Crippen molar-refractivity contribution in [2.75, 3.05) is 12.4 Å². The summed E-state index contributed by atoms with van der Waals surface area (Å²) in [6.07, 6.45) is 0. The normalized spacial score (nSPS) is 10.2. The number of anilines is 1. The fraction of sp³-hybridized carbons (Fsp3) is 0.188. The minimum absolute atomic E-state index is 0.137. The summed E-state index contributed by atoms with van der Waals surface area (Å²) in [5, 5.41) is 12.6. The van der Waals surface area contributed by atoms with Crippen molar-refractivity contribution in [2.24, 2.45) is 0 Å². The van der Waals surface area contributed by atoms with Crippen molar-refractivity contribution >= 4 is 11.7 Å². The van der Waals surface area contributed by atoms with Crippen molar-refractivity contribution in [3.05, 3.63) is 58.9 Å². The molecule has 2 aromatic carbocycles. The molecular formula is C16H16FNO3. The third-order valence-corrected chi connectivity index (χ3v) is 3.09. The number of nitrogens with one attached hydrogen (secondary N) is 1. The number of hydrogen-bond donors (Lipinski definition) is 2. The van der Waals surface area contributed by atoms with Crippen LogP contribution < -0.4 is 5.32 Å². The number of aryl methyl sites for hydroxylation is 1.